The van der Waals surface area contributed by atoms with Gasteiger partial charge in [-0.05, 0) is 17.5 Å². The molecule has 2 N–H and O–H groups in total. The smallest absolute Gasteiger partial charge is 0.243 e. The Morgan fingerprint density at radius 2 is 2.09 bits per heavy atom. The van der Waals surface area contributed by atoms with Crippen molar-refractivity contribution in [1.29, 1.82) is 0 Å². The van der Waals surface area contributed by atoms with Gasteiger partial charge in [0.1, 0.15) is 6.04 Å². The molecule has 1 aliphatic rings. The van der Waals surface area contributed by atoms with Gasteiger partial charge in [-0.15, -0.1) is 0 Å². The van der Waals surface area contributed by atoms with Crippen molar-refractivity contribution in [3.05, 3.63) is 29.8 Å². The van der Waals surface area contributed by atoms with Crippen molar-refractivity contribution >= 4 is 17.5 Å². The first kappa shape index (κ1) is 16.5. The normalized spacial score (nSPS) is 19.5. The summed E-state index contributed by atoms with van der Waals surface area (Å²) in [6.07, 6.45) is 0.801. The summed E-state index contributed by atoms with van der Waals surface area (Å²) in [6, 6.07) is 7.04. The van der Waals surface area contributed by atoms with Crippen LogP contribution in [0, 0.1) is 5.92 Å². The van der Waals surface area contributed by atoms with E-state index >= 15 is 0 Å². The van der Waals surface area contributed by atoms with Crippen LogP contribution in [0.3, 0.4) is 0 Å². The van der Waals surface area contributed by atoms with E-state index < -0.39 is 12.1 Å². The highest BCUT2D eigenvalue weighted by atomic mass is 16.3. The lowest BCUT2D eigenvalue weighted by Crippen LogP contribution is -2.49. The molecule has 1 aromatic rings. The summed E-state index contributed by atoms with van der Waals surface area (Å²) in [5.74, 6) is -0.230. The maximum absolute atomic E-state index is 12.4. The van der Waals surface area contributed by atoms with Gasteiger partial charge in [-0.2, -0.15) is 0 Å². The van der Waals surface area contributed by atoms with Gasteiger partial charge in [0.15, 0.2) is 0 Å². The van der Waals surface area contributed by atoms with Gasteiger partial charge in [0.05, 0.1) is 6.10 Å². The van der Waals surface area contributed by atoms with Crippen LogP contribution < -0.4 is 10.2 Å². The van der Waals surface area contributed by atoms with Crippen molar-refractivity contribution in [1.82, 2.24) is 5.32 Å². The Morgan fingerprint density at radius 1 is 1.41 bits per heavy atom. The van der Waals surface area contributed by atoms with E-state index in [-0.39, 0.29) is 24.3 Å². The Morgan fingerprint density at radius 3 is 2.73 bits per heavy atom. The van der Waals surface area contributed by atoms with Crippen LogP contribution in [0.4, 0.5) is 5.69 Å². The molecule has 3 atom stereocenters. The Labute approximate surface area is 131 Å². The number of hydrogen-bond acceptors (Lipinski definition) is 3. The molecule has 2 rings (SSSR count). The number of fused-ring (bicyclic) bond motifs is 1. The van der Waals surface area contributed by atoms with Gasteiger partial charge < -0.3 is 10.4 Å². The average Bonchev–Trinajstić information content (AvgIpc) is 2.91. The monoisotopic (exact) mass is 304 g/mol. The first-order valence-electron chi connectivity index (χ1n) is 7.79. The SMILES string of the molecule is CCC(C)C(O)CNC(=O)[C@@H]1Cc2ccccc2N1C(C)=O. The second-order valence-corrected chi connectivity index (χ2v) is 5.94. The van der Waals surface area contributed by atoms with Crippen LogP contribution in [0.5, 0.6) is 0 Å². The predicted octanol–water partition coefficient (Wildman–Crippen LogP) is 1.49. The van der Waals surface area contributed by atoms with Crippen molar-refractivity contribution in [2.24, 2.45) is 5.92 Å². The zero-order valence-electron chi connectivity index (χ0n) is 13.4. The number of nitrogens with zero attached hydrogens (tertiary/aromatic N) is 1. The van der Waals surface area contributed by atoms with Crippen LogP contribution in [0.15, 0.2) is 24.3 Å². The number of carbonyl (C=O) groups excluding carboxylic acids is 2. The second-order valence-electron chi connectivity index (χ2n) is 5.94. The zero-order valence-corrected chi connectivity index (χ0v) is 13.4. The van der Waals surface area contributed by atoms with Gasteiger partial charge in [-0.3, -0.25) is 14.5 Å². The molecular weight excluding hydrogens is 280 g/mol. The summed E-state index contributed by atoms with van der Waals surface area (Å²) in [4.78, 5) is 25.9. The number of para-hydroxylation sites is 1. The van der Waals surface area contributed by atoms with E-state index in [4.69, 9.17) is 0 Å². The number of benzene rings is 1. The molecule has 0 radical (unpaired) electrons. The van der Waals surface area contributed by atoms with Crippen LogP contribution in [-0.2, 0) is 16.0 Å². The van der Waals surface area contributed by atoms with Gasteiger partial charge in [0.2, 0.25) is 11.8 Å². The quantitative estimate of drug-likeness (QED) is 0.866. The van der Waals surface area contributed by atoms with Crippen molar-refractivity contribution in [3.8, 4) is 0 Å². The fraction of sp³-hybridized carbons (Fsp3) is 0.529. The second kappa shape index (κ2) is 6.92. The third-order valence-corrected chi connectivity index (χ3v) is 4.40. The summed E-state index contributed by atoms with van der Waals surface area (Å²) in [5.41, 5.74) is 1.80. The molecule has 0 fully saturated rings. The minimum absolute atomic E-state index is 0.130. The van der Waals surface area contributed by atoms with E-state index in [1.807, 2.05) is 38.1 Å². The minimum Gasteiger partial charge on any atom is -0.391 e. The van der Waals surface area contributed by atoms with Gasteiger partial charge in [0, 0.05) is 25.6 Å². The van der Waals surface area contributed by atoms with Crippen LogP contribution in [0.1, 0.15) is 32.8 Å². The van der Waals surface area contributed by atoms with Gasteiger partial charge in [-0.1, -0.05) is 38.5 Å². The number of carbonyl (C=O) groups is 2. The average molecular weight is 304 g/mol. The van der Waals surface area contributed by atoms with Crippen molar-refractivity contribution < 1.29 is 14.7 Å². The number of rotatable bonds is 5. The Bertz CT molecular complexity index is 559. The zero-order chi connectivity index (χ0) is 16.3. The topological polar surface area (TPSA) is 69.6 Å². The summed E-state index contributed by atoms with van der Waals surface area (Å²) < 4.78 is 0. The maximum atomic E-state index is 12.4. The molecule has 1 aliphatic heterocycles. The first-order chi connectivity index (χ1) is 10.5. The summed E-state index contributed by atoms with van der Waals surface area (Å²) in [6.45, 7) is 5.63. The van der Waals surface area contributed by atoms with E-state index in [0.717, 1.165) is 17.7 Å². The molecule has 2 unspecified atom stereocenters. The largest absolute Gasteiger partial charge is 0.391 e. The van der Waals surface area contributed by atoms with Crippen LogP contribution in [-0.4, -0.2) is 35.6 Å². The highest BCUT2D eigenvalue weighted by Crippen LogP contribution is 2.32. The number of anilines is 1. The summed E-state index contributed by atoms with van der Waals surface area (Å²) in [5, 5.41) is 12.7. The van der Waals surface area contributed by atoms with E-state index in [9.17, 15) is 14.7 Å². The number of aliphatic hydroxyl groups excluding tert-OH is 1. The number of aliphatic hydroxyl groups is 1. The predicted molar refractivity (Wildman–Crippen MR) is 85.6 cm³/mol. The molecule has 5 nitrogen and oxygen atoms in total. The van der Waals surface area contributed by atoms with Crippen LogP contribution >= 0.6 is 0 Å². The van der Waals surface area contributed by atoms with Gasteiger partial charge in [-0.25, -0.2) is 0 Å². The lowest BCUT2D eigenvalue weighted by molar-refractivity contribution is -0.125. The van der Waals surface area contributed by atoms with Crippen molar-refractivity contribution in [3.63, 3.8) is 0 Å². The van der Waals surface area contributed by atoms with Crippen LogP contribution in [0.25, 0.3) is 0 Å². The molecule has 1 heterocycles. The molecule has 22 heavy (non-hydrogen) atoms. The molecule has 0 aromatic heterocycles. The lowest BCUT2D eigenvalue weighted by Gasteiger charge is -2.24. The minimum atomic E-state index is -0.566. The standard InChI is InChI=1S/C17H24N2O3/c1-4-11(2)16(21)10-18-17(22)15-9-13-7-5-6-8-14(13)19(15)12(3)20/h5-8,11,15-16,21H,4,9-10H2,1-3H3,(H,18,22)/t11?,15-,16?/m0/s1. The van der Waals surface area contributed by atoms with Gasteiger partial charge >= 0.3 is 0 Å². The molecule has 0 saturated carbocycles. The first-order valence-corrected chi connectivity index (χ1v) is 7.79. The van der Waals surface area contributed by atoms with Crippen molar-refractivity contribution in [2.75, 3.05) is 11.4 Å². The Kier molecular flexibility index (Phi) is 5.19. The lowest BCUT2D eigenvalue weighted by atomic mass is 10.0. The third kappa shape index (κ3) is 3.30. The van der Waals surface area contributed by atoms with E-state index in [1.165, 1.54) is 6.92 Å². The number of amides is 2. The van der Waals surface area contributed by atoms with E-state index in [2.05, 4.69) is 5.32 Å². The molecule has 0 saturated heterocycles. The fourth-order valence-electron chi connectivity index (χ4n) is 2.78. The molecule has 2 amide bonds. The number of hydrogen-bond donors (Lipinski definition) is 2. The van der Waals surface area contributed by atoms with E-state index in [1.54, 1.807) is 4.90 Å². The maximum Gasteiger partial charge on any atom is 0.243 e. The van der Waals surface area contributed by atoms with Crippen LogP contribution in [0.2, 0.25) is 0 Å². The third-order valence-electron chi connectivity index (χ3n) is 4.40. The highest BCUT2D eigenvalue weighted by molar-refractivity contribution is 6.02. The molecule has 5 heteroatoms. The number of nitrogens with one attached hydrogen (secondary N) is 1. The molecule has 0 bridgehead atoms. The summed E-state index contributed by atoms with van der Waals surface area (Å²) >= 11 is 0. The molecule has 120 valence electrons. The Hall–Kier alpha value is -1.88. The Balaban J connectivity index is 2.06. The molecule has 0 spiro atoms. The van der Waals surface area contributed by atoms with Crippen molar-refractivity contribution in [2.45, 2.75) is 45.8 Å². The molecule has 1 aromatic carbocycles. The highest BCUT2D eigenvalue weighted by Gasteiger charge is 2.36. The summed E-state index contributed by atoms with van der Waals surface area (Å²) in [7, 11) is 0. The van der Waals surface area contributed by atoms with Gasteiger partial charge in [0.25, 0.3) is 0 Å². The van der Waals surface area contributed by atoms with E-state index in [0.29, 0.717) is 6.42 Å². The molecule has 0 aliphatic carbocycles. The molecular formula is C17H24N2O3. The fourth-order valence-corrected chi connectivity index (χ4v) is 2.78.